The van der Waals surface area contributed by atoms with Crippen molar-refractivity contribution < 1.29 is 17.9 Å². The smallest absolute Gasteiger partial charge is 0.255 e. The first kappa shape index (κ1) is 17.4. The van der Waals surface area contributed by atoms with Crippen molar-refractivity contribution in [3.63, 3.8) is 0 Å². The van der Waals surface area contributed by atoms with E-state index in [1.165, 1.54) is 12.1 Å². The van der Waals surface area contributed by atoms with Crippen molar-refractivity contribution in [1.82, 2.24) is 4.72 Å². The van der Waals surface area contributed by atoms with E-state index < -0.39 is 10.0 Å². The van der Waals surface area contributed by atoms with Crippen molar-refractivity contribution in [2.75, 3.05) is 12.4 Å². The summed E-state index contributed by atoms with van der Waals surface area (Å²) in [4.78, 5) is 12.5. The van der Waals surface area contributed by atoms with E-state index in [-0.39, 0.29) is 16.8 Å². The van der Waals surface area contributed by atoms with Gasteiger partial charge in [0.15, 0.2) is 0 Å². The van der Waals surface area contributed by atoms with Crippen molar-refractivity contribution >= 4 is 21.6 Å². The Morgan fingerprint density at radius 2 is 1.92 bits per heavy atom. The van der Waals surface area contributed by atoms with Gasteiger partial charge >= 0.3 is 0 Å². The first-order valence-corrected chi connectivity index (χ1v) is 9.46. The molecular weight excluding hydrogens is 340 g/mol. The van der Waals surface area contributed by atoms with E-state index >= 15 is 0 Å². The lowest BCUT2D eigenvalue weighted by atomic mass is 10.1. The summed E-state index contributed by atoms with van der Waals surface area (Å²) in [5.74, 6) is 0.292. The van der Waals surface area contributed by atoms with Gasteiger partial charge in [0.2, 0.25) is 10.0 Å². The zero-order valence-electron chi connectivity index (χ0n) is 14.1. The van der Waals surface area contributed by atoms with Gasteiger partial charge in [-0.2, -0.15) is 0 Å². The van der Waals surface area contributed by atoms with Crippen LogP contribution in [0.1, 0.15) is 28.8 Å². The quantitative estimate of drug-likeness (QED) is 0.829. The Labute approximate surface area is 147 Å². The van der Waals surface area contributed by atoms with E-state index in [0.717, 1.165) is 18.4 Å². The molecule has 1 amide bonds. The first-order chi connectivity index (χ1) is 11.9. The van der Waals surface area contributed by atoms with Gasteiger partial charge in [0.25, 0.3) is 5.91 Å². The molecule has 7 heteroatoms. The third-order valence-electron chi connectivity index (χ3n) is 3.97. The number of nitrogens with one attached hydrogen (secondary N) is 2. The van der Waals surface area contributed by atoms with Gasteiger partial charge in [-0.15, -0.1) is 0 Å². The lowest BCUT2D eigenvalue weighted by molar-refractivity contribution is 0.102. The van der Waals surface area contributed by atoms with Crippen LogP contribution in [0.25, 0.3) is 0 Å². The van der Waals surface area contributed by atoms with E-state index in [2.05, 4.69) is 10.0 Å². The molecule has 0 bridgehead atoms. The largest absolute Gasteiger partial charge is 0.496 e. The van der Waals surface area contributed by atoms with E-state index in [4.69, 9.17) is 4.74 Å². The molecule has 1 aliphatic rings. The number of carbonyl (C=O) groups excluding carboxylic acids is 1. The number of amides is 1. The van der Waals surface area contributed by atoms with Crippen LogP contribution in [0.4, 0.5) is 5.69 Å². The fourth-order valence-corrected chi connectivity index (χ4v) is 3.74. The second-order valence-corrected chi connectivity index (χ2v) is 7.78. The maximum Gasteiger partial charge on any atom is 0.255 e. The van der Waals surface area contributed by atoms with Crippen LogP contribution in [0.5, 0.6) is 5.75 Å². The van der Waals surface area contributed by atoms with Gasteiger partial charge in [0.05, 0.1) is 12.0 Å². The number of sulfonamides is 1. The van der Waals surface area contributed by atoms with Crippen LogP contribution >= 0.6 is 0 Å². The number of ether oxygens (including phenoxy) is 1. The summed E-state index contributed by atoms with van der Waals surface area (Å²) < 4.78 is 32.4. The van der Waals surface area contributed by atoms with E-state index in [1.807, 2.05) is 6.92 Å². The van der Waals surface area contributed by atoms with Crippen LogP contribution in [0, 0.1) is 6.92 Å². The molecule has 0 atom stereocenters. The maximum absolute atomic E-state index is 12.4. The molecule has 132 valence electrons. The Kier molecular flexibility index (Phi) is 4.78. The number of hydrogen-bond donors (Lipinski definition) is 2. The highest BCUT2D eigenvalue weighted by atomic mass is 32.2. The Morgan fingerprint density at radius 1 is 1.16 bits per heavy atom. The van der Waals surface area contributed by atoms with Crippen LogP contribution in [-0.2, 0) is 10.0 Å². The van der Waals surface area contributed by atoms with Crippen molar-refractivity contribution in [3.05, 3.63) is 53.6 Å². The molecular formula is C18H20N2O4S. The summed E-state index contributed by atoms with van der Waals surface area (Å²) >= 11 is 0. The molecule has 1 saturated carbocycles. The first-order valence-electron chi connectivity index (χ1n) is 7.97. The van der Waals surface area contributed by atoms with Crippen LogP contribution in [0.3, 0.4) is 0 Å². The Morgan fingerprint density at radius 3 is 2.60 bits per heavy atom. The molecule has 2 aromatic rings. The number of rotatable bonds is 6. The Hall–Kier alpha value is -2.38. The van der Waals surface area contributed by atoms with Crippen LogP contribution in [0.2, 0.25) is 0 Å². The minimum Gasteiger partial charge on any atom is -0.496 e. The number of benzene rings is 2. The molecule has 0 spiro atoms. The van der Waals surface area contributed by atoms with Gasteiger partial charge in [-0.05, 0) is 55.7 Å². The molecule has 2 N–H and O–H groups in total. The molecule has 1 fully saturated rings. The minimum atomic E-state index is -3.56. The fourth-order valence-electron chi connectivity index (χ4n) is 2.39. The van der Waals surface area contributed by atoms with E-state index in [1.54, 1.807) is 37.4 Å². The predicted octanol–water partition coefficient (Wildman–Crippen LogP) is 2.70. The van der Waals surface area contributed by atoms with E-state index in [9.17, 15) is 13.2 Å². The third-order valence-corrected chi connectivity index (χ3v) is 5.49. The molecule has 3 rings (SSSR count). The predicted molar refractivity (Wildman–Crippen MR) is 95.5 cm³/mol. The van der Waals surface area contributed by atoms with E-state index in [0.29, 0.717) is 17.0 Å². The highest BCUT2D eigenvalue weighted by Crippen LogP contribution is 2.24. The van der Waals surface area contributed by atoms with Gasteiger partial charge in [0, 0.05) is 17.3 Å². The molecule has 0 saturated heterocycles. The minimum absolute atomic E-state index is 0.0308. The van der Waals surface area contributed by atoms with Crippen molar-refractivity contribution in [2.45, 2.75) is 30.7 Å². The lowest BCUT2D eigenvalue weighted by Gasteiger charge is -2.10. The second-order valence-electron chi connectivity index (χ2n) is 6.06. The summed E-state index contributed by atoms with van der Waals surface area (Å²) in [5.41, 5.74) is 1.79. The summed E-state index contributed by atoms with van der Waals surface area (Å²) in [6.45, 7) is 1.89. The zero-order valence-corrected chi connectivity index (χ0v) is 14.9. The monoisotopic (exact) mass is 360 g/mol. The average molecular weight is 360 g/mol. The van der Waals surface area contributed by atoms with Crippen molar-refractivity contribution in [2.24, 2.45) is 0 Å². The van der Waals surface area contributed by atoms with Crippen molar-refractivity contribution in [1.29, 1.82) is 0 Å². The van der Waals surface area contributed by atoms with Crippen LogP contribution in [-0.4, -0.2) is 27.5 Å². The van der Waals surface area contributed by atoms with Gasteiger partial charge in [-0.3, -0.25) is 4.79 Å². The Balaban J connectivity index is 1.78. The number of carbonyl (C=O) groups is 1. The number of aryl methyl sites for hydroxylation is 1. The van der Waals surface area contributed by atoms with Gasteiger partial charge in [0.1, 0.15) is 5.75 Å². The standard InChI is InChI=1S/C18H20N2O4S/c1-12-6-7-13(10-17(12)24-2)18(21)19-15-4-3-5-16(11-15)25(22,23)20-14-8-9-14/h3-7,10-11,14,20H,8-9H2,1-2H3,(H,19,21). The fraction of sp³-hybridized carbons (Fsp3) is 0.278. The molecule has 0 aromatic heterocycles. The molecule has 6 nitrogen and oxygen atoms in total. The lowest BCUT2D eigenvalue weighted by Crippen LogP contribution is -2.25. The number of anilines is 1. The SMILES string of the molecule is COc1cc(C(=O)Nc2cccc(S(=O)(=O)NC3CC3)c2)ccc1C. The molecule has 0 heterocycles. The highest BCUT2D eigenvalue weighted by molar-refractivity contribution is 7.89. The molecule has 0 radical (unpaired) electrons. The van der Waals surface area contributed by atoms with Gasteiger partial charge < -0.3 is 10.1 Å². The molecule has 25 heavy (non-hydrogen) atoms. The molecule has 2 aromatic carbocycles. The third kappa shape index (κ3) is 4.18. The second kappa shape index (κ2) is 6.85. The number of methoxy groups -OCH3 is 1. The number of hydrogen-bond acceptors (Lipinski definition) is 4. The van der Waals surface area contributed by atoms with Gasteiger partial charge in [-0.25, -0.2) is 13.1 Å². The molecule has 1 aliphatic carbocycles. The molecule has 0 aliphatic heterocycles. The summed E-state index contributed by atoms with van der Waals surface area (Å²) in [5, 5.41) is 2.72. The normalized spacial score (nSPS) is 14.2. The van der Waals surface area contributed by atoms with Gasteiger partial charge in [-0.1, -0.05) is 12.1 Å². The van der Waals surface area contributed by atoms with Crippen LogP contribution < -0.4 is 14.8 Å². The van der Waals surface area contributed by atoms with Crippen LogP contribution in [0.15, 0.2) is 47.4 Å². The topological polar surface area (TPSA) is 84.5 Å². The summed E-state index contributed by atoms with van der Waals surface area (Å²) in [6.07, 6.45) is 1.73. The highest BCUT2D eigenvalue weighted by Gasteiger charge is 2.28. The zero-order chi connectivity index (χ0) is 18.0. The summed E-state index contributed by atoms with van der Waals surface area (Å²) in [6, 6.07) is 11.4. The maximum atomic E-state index is 12.4. The molecule has 0 unspecified atom stereocenters. The van der Waals surface area contributed by atoms with Crippen molar-refractivity contribution in [3.8, 4) is 5.75 Å². The Bertz CT molecular complexity index is 905. The average Bonchev–Trinajstić information content (AvgIpc) is 3.38. The summed E-state index contributed by atoms with van der Waals surface area (Å²) in [7, 11) is -2.01.